The van der Waals surface area contributed by atoms with Gasteiger partial charge in [0, 0.05) is 43.0 Å². The standard InChI is InChI=1S/C29H34N4O3S/c1-30-15-6-16-31-29(36)24(20-21-11-12-22-7-2-3-8-23(22)19-21)32-27(34)13-17-33-25-9-4-5-10-26(25)37-18-14-28(33)35/h2-5,7-12,19,24,30H,6,13-18,20H2,1H3,(H,31,36)(H,32,34)/t24-/m1/s1. The molecule has 0 aromatic heterocycles. The lowest BCUT2D eigenvalue weighted by Crippen LogP contribution is -2.49. The maximum Gasteiger partial charge on any atom is 0.242 e. The van der Waals surface area contributed by atoms with Crippen LogP contribution in [-0.2, 0) is 20.8 Å². The van der Waals surface area contributed by atoms with E-state index >= 15 is 0 Å². The van der Waals surface area contributed by atoms with Crippen molar-refractivity contribution < 1.29 is 14.4 Å². The molecular formula is C29H34N4O3S. The molecule has 3 aromatic rings. The summed E-state index contributed by atoms with van der Waals surface area (Å²) in [5.74, 6) is 0.281. The number of nitrogens with one attached hydrogen (secondary N) is 3. The van der Waals surface area contributed by atoms with Gasteiger partial charge in [0.05, 0.1) is 5.69 Å². The van der Waals surface area contributed by atoms with Gasteiger partial charge in [-0.3, -0.25) is 14.4 Å². The predicted molar refractivity (Wildman–Crippen MR) is 150 cm³/mol. The van der Waals surface area contributed by atoms with Crippen LogP contribution in [0.1, 0.15) is 24.8 Å². The monoisotopic (exact) mass is 518 g/mol. The zero-order chi connectivity index (χ0) is 26.0. The molecular weight excluding hydrogens is 484 g/mol. The summed E-state index contributed by atoms with van der Waals surface area (Å²) in [4.78, 5) is 41.6. The van der Waals surface area contributed by atoms with E-state index in [0.717, 1.165) is 45.6 Å². The van der Waals surface area contributed by atoms with E-state index in [2.05, 4.69) is 22.0 Å². The molecule has 3 N–H and O–H groups in total. The molecule has 1 heterocycles. The first-order chi connectivity index (χ1) is 18.0. The van der Waals surface area contributed by atoms with Gasteiger partial charge in [0.15, 0.2) is 0 Å². The lowest BCUT2D eigenvalue weighted by Gasteiger charge is -2.23. The fraction of sp³-hybridized carbons (Fsp3) is 0.345. The molecule has 194 valence electrons. The van der Waals surface area contributed by atoms with E-state index < -0.39 is 6.04 Å². The van der Waals surface area contributed by atoms with Crippen molar-refractivity contribution in [3.05, 3.63) is 72.3 Å². The van der Waals surface area contributed by atoms with Crippen LogP contribution in [0, 0.1) is 0 Å². The highest BCUT2D eigenvalue weighted by molar-refractivity contribution is 7.99. The molecule has 3 aromatic carbocycles. The van der Waals surface area contributed by atoms with Crippen LogP contribution in [-0.4, -0.2) is 56.2 Å². The molecule has 8 heteroatoms. The maximum atomic E-state index is 13.1. The van der Waals surface area contributed by atoms with Crippen LogP contribution < -0.4 is 20.9 Å². The first kappa shape index (κ1) is 26.7. The number of benzene rings is 3. The van der Waals surface area contributed by atoms with Gasteiger partial charge in [-0.15, -0.1) is 11.8 Å². The fourth-order valence-corrected chi connectivity index (χ4v) is 5.45. The summed E-state index contributed by atoms with van der Waals surface area (Å²) in [6.07, 6.45) is 1.73. The molecule has 3 amide bonds. The number of rotatable bonds is 11. The smallest absolute Gasteiger partial charge is 0.242 e. The lowest BCUT2D eigenvalue weighted by molar-refractivity contribution is -0.129. The Labute approximate surface area is 222 Å². The number of fused-ring (bicyclic) bond motifs is 2. The number of anilines is 1. The van der Waals surface area contributed by atoms with E-state index in [1.807, 2.05) is 67.7 Å². The Hall–Kier alpha value is -3.36. The third-order valence-electron chi connectivity index (χ3n) is 6.40. The molecule has 37 heavy (non-hydrogen) atoms. The Balaban J connectivity index is 1.43. The summed E-state index contributed by atoms with van der Waals surface area (Å²) >= 11 is 1.66. The Morgan fingerprint density at radius 2 is 1.78 bits per heavy atom. The molecule has 4 rings (SSSR count). The van der Waals surface area contributed by atoms with Gasteiger partial charge in [-0.2, -0.15) is 0 Å². The number of amides is 3. The van der Waals surface area contributed by atoms with Crippen molar-refractivity contribution in [2.24, 2.45) is 0 Å². The summed E-state index contributed by atoms with van der Waals surface area (Å²) in [6.45, 7) is 1.60. The molecule has 0 fully saturated rings. The van der Waals surface area contributed by atoms with Gasteiger partial charge in [-0.1, -0.05) is 54.6 Å². The van der Waals surface area contributed by atoms with Gasteiger partial charge in [-0.25, -0.2) is 0 Å². The van der Waals surface area contributed by atoms with Crippen LogP contribution >= 0.6 is 11.8 Å². The Morgan fingerprint density at radius 1 is 1.00 bits per heavy atom. The molecule has 0 bridgehead atoms. The van der Waals surface area contributed by atoms with Crippen molar-refractivity contribution in [2.75, 3.05) is 37.3 Å². The maximum absolute atomic E-state index is 13.1. The van der Waals surface area contributed by atoms with Crippen LogP contribution in [0.25, 0.3) is 10.8 Å². The van der Waals surface area contributed by atoms with Gasteiger partial charge in [0.2, 0.25) is 17.7 Å². The highest BCUT2D eigenvalue weighted by Gasteiger charge is 2.25. The van der Waals surface area contributed by atoms with Crippen molar-refractivity contribution >= 4 is 45.9 Å². The largest absolute Gasteiger partial charge is 0.354 e. The van der Waals surface area contributed by atoms with Crippen LogP contribution in [0.3, 0.4) is 0 Å². The van der Waals surface area contributed by atoms with Crippen molar-refractivity contribution in [1.82, 2.24) is 16.0 Å². The molecule has 1 aliphatic rings. The molecule has 1 atom stereocenters. The molecule has 0 unspecified atom stereocenters. The minimum absolute atomic E-state index is 0.0141. The summed E-state index contributed by atoms with van der Waals surface area (Å²) in [5, 5.41) is 11.2. The minimum Gasteiger partial charge on any atom is -0.354 e. The van der Waals surface area contributed by atoms with E-state index in [1.54, 1.807) is 16.7 Å². The van der Waals surface area contributed by atoms with Gasteiger partial charge in [0.25, 0.3) is 0 Å². The third-order valence-corrected chi connectivity index (χ3v) is 7.47. The quantitative estimate of drug-likeness (QED) is 0.338. The van der Waals surface area contributed by atoms with Crippen molar-refractivity contribution in [2.45, 2.75) is 36.6 Å². The number of hydrogen-bond acceptors (Lipinski definition) is 5. The minimum atomic E-state index is -0.703. The van der Waals surface area contributed by atoms with Gasteiger partial charge in [0.1, 0.15) is 6.04 Å². The zero-order valence-corrected chi connectivity index (χ0v) is 22.0. The average Bonchev–Trinajstić information content (AvgIpc) is 3.07. The second-order valence-electron chi connectivity index (χ2n) is 9.12. The zero-order valence-electron chi connectivity index (χ0n) is 21.2. The Kier molecular flexibility index (Phi) is 9.57. The second kappa shape index (κ2) is 13.3. The lowest BCUT2D eigenvalue weighted by atomic mass is 10.0. The number of carbonyl (C=O) groups is 3. The number of carbonyl (C=O) groups excluding carboxylic acids is 3. The summed E-state index contributed by atoms with van der Waals surface area (Å²) in [6, 6.07) is 21.3. The number of nitrogens with zero attached hydrogens (tertiary/aromatic N) is 1. The molecule has 0 radical (unpaired) electrons. The van der Waals surface area contributed by atoms with Crippen molar-refractivity contribution in [3.63, 3.8) is 0 Å². The summed E-state index contributed by atoms with van der Waals surface area (Å²) in [7, 11) is 1.87. The number of hydrogen-bond donors (Lipinski definition) is 3. The Bertz CT molecular complexity index is 1250. The van der Waals surface area contributed by atoms with E-state index in [1.165, 1.54) is 0 Å². The van der Waals surface area contributed by atoms with E-state index in [4.69, 9.17) is 0 Å². The van der Waals surface area contributed by atoms with E-state index in [9.17, 15) is 14.4 Å². The summed E-state index contributed by atoms with van der Waals surface area (Å²) in [5.41, 5.74) is 1.82. The van der Waals surface area contributed by atoms with Crippen molar-refractivity contribution in [1.29, 1.82) is 0 Å². The molecule has 0 saturated carbocycles. The van der Waals surface area contributed by atoms with Gasteiger partial charge < -0.3 is 20.9 Å². The van der Waals surface area contributed by atoms with Crippen LogP contribution in [0.4, 0.5) is 5.69 Å². The third kappa shape index (κ3) is 7.33. The first-order valence-corrected chi connectivity index (χ1v) is 13.8. The van der Waals surface area contributed by atoms with Crippen LogP contribution in [0.2, 0.25) is 0 Å². The molecule has 1 aliphatic heterocycles. The molecule has 0 spiro atoms. The van der Waals surface area contributed by atoms with Crippen molar-refractivity contribution in [3.8, 4) is 0 Å². The molecule has 7 nitrogen and oxygen atoms in total. The van der Waals surface area contributed by atoms with Crippen LogP contribution in [0.15, 0.2) is 71.6 Å². The average molecular weight is 519 g/mol. The number of thioether (sulfide) groups is 1. The predicted octanol–water partition coefficient (Wildman–Crippen LogP) is 3.51. The molecule has 0 saturated heterocycles. The SMILES string of the molecule is CNCCCNC(=O)[C@@H](Cc1ccc2ccccc2c1)NC(=O)CCN1C(=O)CCSc2ccccc21. The van der Waals surface area contributed by atoms with E-state index in [-0.39, 0.29) is 30.7 Å². The fourth-order valence-electron chi connectivity index (χ4n) is 4.46. The van der Waals surface area contributed by atoms with Gasteiger partial charge in [-0.05, 0) is 48.5 Å². The first-order valence-electron chi connectivity index (χ1n) is 12.8. The normalized spacial score (nSPS) is 14.1. The second-order valence-corrected chi connectivity index (χ2v) is 10.3. The topological polar surface area (TPSA) is 90.5 Å². The number of para-hydroxylation sites is 1. The highest BCUT2D eigenvalue weighted by atomic mass is 32.2. The van der Waals surface area contributed by atoms with Gasteiger partial charge >= 0.3 is 0 Å². The molecule has 0 aliphatic carbocycles. The Morgan fingerprint density at radius 3 is 2.62 bits per heavy atom. The van der Waals surface area contributed by atoms with Crippen LogP contribution in [0.5, 0.6) is 0 Å². The van der Waals surface area contributed by atoms with E-state index in [0.29, 0.717) is 19.4 Å². The summed E-state index contributed by atoms with van der Waals surface area (Å²) < 4.78 is 0. The highest BCUT2D eigenvalue weighted by Crippen LogP contribution is 2.34.